The summed E-state index contributed by atoms with van der Waals surface area (Å²) in [7, 11) is 0. The topological polar surface area (TPSA) is 74.6 Å². The maximum atomic E-state index is 9.00. The van der Waals surface area contributed by atoms with Gasteiger partial charge < -0.3 is 10.2 Å². The minimum atomic E-state index is -1.05. The Morgan fingerprint density at radius 3 is 0.929 bits per heavy atom. The van der Waals surface area contributed by atoms with Crippen LogP contribution in [0.3, 0.4) is 0 Å². The average Bonchev–Trinajstić information content (AvgIpc) is 2.64. The summed E-state index contributed by atoms with van der Waals surface area (Å²) in [5.74, 6) is -1.67. The molecule has 4 nitrogen and oxygen atoms in total. The summed E-state index contributed by atoms with van der Waals surface area (Å²) in [5, 5.41) is 14.8. The van der Waals surface area contributed by atoms with E-state index in [0.29, 0.717) is 0 Å². The first-order chi connectivity index (χ1) is 12.9. The molecule has 0 radical (unpaired) electrons. The van der Waals surface area contributed by atoms with E-state index in [2.05, 4.69) is 91.0 Å². The Bertz CT molecular complexity index is 698. The molecule has 1 unspecified atom stereocenters. The first-order valence-electron chi connectivity index (χ1n) is 8.06. The van der Waals surface area contributed by atoms with Crippen molar-refractivity contribution >= 4 is 33.9 Å². The molecule has 3 aromatic rings. The molecule has 0 amide bonds. The van der Waals surface area contributed by atoms with Gasteiger partial charge in [0, 0.05) is 13.8 Å². The van der Waals surface area contributed by atoms with Crippen LogP contribution >= 0.6 is 9.90 Å². The monoisotopic (exact) mass is 491 g/mol. The molecule has 0 aliphatic rings. The minimum absolute atomic E-state index is 0. The van der Waals surface area contributed by atoms with E-state index in [-0.39, 0.29) is 9.90 Å². The van der Waals surface area contributed by atoms with Crippen molar-refractivity contribution < 1.29 is 36.6 Å². The Labute approximate surface area is 175 Å². The van der Waals surface area contributed by atoms with Gasteiger partial charge in [0.1, 0.15) is 0 Å². The zero-order valence-corrected chi connectivity index (χ0v) is 18.9. The van der Waals surface area contributed by atoms with Crippen LogP contribution in [0.15, 0.2) is 91.0 Å². The zero-order valence-electron chi connectivity index (χ0n) is 15.9. The van der Waals surface area contributed by atoms with Crippen LogP contribution in [0, 0.1) is 0 Å². The SMILES string of the molecule is CC(=O)O.CC(=O)O.P.c1cc[c]([Pd]([c]2ccccc2)[c]2ccccc2)cc1. The molecular formula is C22H26O4PPd. The standard InChI is InChI=1S/3C6H5.2C2H4O2.H3P.Pd/c3*1-2-4-6-5-3-1;2*1-2(3)4;;/h3*1-5H;2*1H3,(H,3,4);1H3;. The fraction of sp³-hybridized carbons (Fsp3) is 0.0909. The van der Waals surface area contributed by atoms with Gasteiger partial charge in [0.2, 0.25) is 0 Å². The third-order valence-corrected chi connectivity index (χ3v) is 6.93. The second-order valence-electron chi connectivity index (χ2n) is 5.05. The Hall–Kier alpha value is -2.31. The summed E-state index contributed by atoms with van der Waals surface area (Å²) in [4.78, 5) is 18.0. The molecule has 0 aliphatic carbocycles. The van der Waals surface area contributed by atoms with Gasteiger partial charge in [-0.25, -0.2) is 0 Å². The molecule has 0 aliphatic heterocycles. The van der Waals surface area contributed by atoms with Crippen LogP contribution in [-0.4, -0.2) is 22.2 Å². The Morgan fingerprint density at radius 1 is 0.571 bits per heavy atom. The quantitative estimate of drug-likeness (QED) is 0.436. The van der Waals surface area contributed by atoms with Crippen LogP contribution in [0.5, 0.6) is 0 Å². The van der Waals surface area contributed by atoms with E-state index in [9.17, 15) is 0 Å². The predicted octanol–water partition coefficient (Wildman–Crippen LogP) is 2.82. The zero-order chi connectivity index (χ0) is 20.1. The Balaban J connectivity index is 0.000000697. The van der Waals surface area contributed by atoms with Gasteiger partial charge in [0.15, 0.2) is 0 Å². The molecule has 28 heavy (non-hydrogen) atoms. The van der Waals surface area contributed by atoms with Crippen LogP contribution < -0.4 is 12.1 Å². The number of hydrogen-bond donors (Lipinski definition) is 2. The number of aliphatic carboxylic acids is 2. The van der Waals surface area contributed by atoms with Crippen molar-refractivity contribution in [1.29, 1.82) is 0 Å². The molecular weight excluding hydrogens is 466 g/mol. The second-order valence-corrected chi connectivity index (χ2v) is 8.91. The summed E-state index contributed by atoms with van der Waals surface area (Å²) in [6.07, 6.45) is 0. The third-order valence-electron chi connectivity index (χ3n) is 2.69. The normalized spacial score (nSPS) is 9.29. The fourth-order valence-corrected chi connectivity index (χ4v) is 5.85. The van der Waals surface area contributed by atoms with Crippen molar-refractivity contribution in [2.75, 3.05) is 0 Å². The van der Waals surface area contributed by atoms with Crippen molar-refractivity contribution in [3.05, 3.63) is 91.0 Å². The van der Waals surface area contributed by atoms with Gasteiger partial charge >= 0.3 is 120 Å². The molecule has 0 bridgehead atoms. The van der Waals surface area contributed by atoms with Gasteiger partial charge in [0.25, 0.3) is 11.9 Å². The number of rotatable bonds is 3. The van der Waals surface area contributed by atoms with Crippen LogP contribution in [0.4, 0.5) is 0 Å². The number of carboxylic acids is 2. The van der Waals surface area contributed by atoms with Crippen LogP contribution in [0.25, 0.3) is 0 Å². The van der Waals surface area contributed by atoms with Crippen molar-refractivity contribution in [3.8, 4) is 0 Å². The van der Waals surface area contributed by atoms with Crippen molar-refractivity contribution in [1.82, 2.24) is 0 Å². The molecule has 153 valence electrons. The molecule has 3 rings (SSSR count). The summed E-state index contributed by atoms with van der Waals surface area (Å²) in [6, 6.07) is 32.6. The molecule has 0 heterocycles. The molecule has 1 atom stereocenters. The number of carbonyl (C=O) groups is 2. The van der Waals surface area contributed by atoms with Gasteiger partial charge in [-0.05, 0) is 0 Å². The van der Waals surface area contributed by atoms with Gasteiger partial charge in [-0.3, -0.25) is 9.59 Å². The van der Waals surface area contributed by atoms with Crippen LogP contribution in [-0.2, 0) is 26.3 Å². The predicted molar refractivity (Wildman–Crippen MR) is 116 cm³/mol. The van der Waals surface area contributed by atoms with E-state index in [4.69, 9.17) is 19.8 Å². The fourth-order valence-electron chi connectivity index (χ4n) is 1.84. The van der Waals surface area contributed by atoms with Crippen molar-refractivity contribution in [2.45, 2.75) is 13.8 Å². The van der Waals surface area contributed by atoms with Gasteiger partial charge in [0.05, 0.1) is 0 Å². The van der Waals surface area contributed by atoms with E-state index >= 15 is 0 Å². The molecule has 0 saturated carbocycles. The molecule has 3 aromatic carbocycles. The molecule has 6 heteroatoms. The first kappa shape index (κ1) is 25.7. The Morgan fingerprint density at radius 2 is 0.750 bits per heavy atom. The summed E-state index contributed by atoms with van der Waals surface area (Å²) >= 11 is -1.05. The van der Waals surface area contributed by atoms with E-state index in [1.54, 1.807) is 0 Å². The van der Waals surface area contributed by atoms with Gasteiger partial charge in [-0.1, -0.05) is 0 Å². The number of hydrogen-bond acceptors (Lipinski definition) is 2. The number of benzene rings is 3. The van der Waals surface area contributed by atoms with E-state index in [0.717, 1.165) is 13.8 Å². The van der Waals surface area contributed by atoms with Crippen molar-refractivity contribution in [2.24, 2.45) is 0 Å². The van der Waals surface area contributed by atoms with E-state index in [1.165, 1.54) is 12.1 Å². The summed E-state index contributed by atoms with van der Waals surface area (Å²) in [5.41, 5.74) is 0. The summed E-state index contributed by atoms with van der Waals surface area (Å²) < 4.78 is 4.35. The maximum absolute atomic E-state index is 9.00. The van der Waals surface area contributed by atoms with E-state index < -0.39 is 28.7 Å². The van der Waals surface area contributed by atoms with Gasteiger partial charge in [-0.2, -0.15) is 9.90 Å². The van der Waals surface area contributed by atoms with Crippen molar-refractivity contribution in [3.63, 3.8) is 0 Å². The van der Waals surface area contributed by atoms with Crippen LogP contribution in [0.1, 0.15) is 13.8 Å². The Kier molecular flexibility index (Phi) is 13.5. The molecule has 0 spiro atoms. The molecule has 0 fully saturated rings. The van der Waals surface area contributed by atoms with Crippen LogP contribution in [0.2, 0.25) is 0 Å². The molecule has 0 saturated heterocycles. The molecule has 2 N–H and O–H groups in total. The third kappa shape index (κ3) is 10.7. The first-order valence-corrected chi connectivity index (χ1v) is 10.4. The van der Waals surface area contributed by atoms with E-state index in [1.807, 2.05) is 0 Å². The number of carboxylic acid groups (broad SMARTS) is 2. The average molecular weight is 492 g/mol. The van der Waals surface area contributed by atoms with Gasteiger partial charge in [-0.15, -0.1) is 0 Å². The molecule has 0 aromatic heterocycles. The second kappa shape index (κ2) is 14.7. The summed E-state index contributed by atoms with van der Waals surface area (Å²) in [6.45, 7) is 2.17.